The lowest BCUT2D eigenvalue weighted by molar-refractivity contribution is 0.354. The van der Waals surface area contributed by atoms with Gasteiger partial charge in [0.25, 0.3) is 0 Å². The maximum Gasteiger partial charge on any atom is 0.191 e. The summed E-state index contributed by atoms with van der Waals surface area (Å²) in [7, 11) is 3.25. The zero-order chi connectivity index (χ0) is 19.6. The lowest BCUT2D eigenvalue weighted by Crippen LogP contribution is -2.38. The number of aryl methyl sites for hydroxylation is 1. The molecule has 0 aromatic heterocycles. The molecule has 7 heteroatoms. The molecule has 0 aliphatic heterocycles. The molecule has 2 rings (SSSR count). The SMILES string of the molecule is CCNC(=NCc1ccc(C)c(F)c1)NCCc1ccc(OC)c(OC)c1.I. The van der Waals surface area contributed by atoms with Gasteiger partial charge >= 0.3 is 0 Å². The molecule has 28 heavy (non-hydrogen) atoms. The van der Waals surface area contributed by atoms with Crippen LogP contribution in [-0.2, 0) is 13.0 Å². The number of halogens is 2. The highest BCUT2D eigenvalue weighted by atomic mass is 127. The van der Waals surface area contributed by atoms with Crippen molar-refractivity contribution >= 4 is 29.9 Å². The second kappa shape index (κ2) is 12.4. The maximum atomic E-state index is 13.7. The molecule has 5 nitrogen and oxygen atoms in total. The number of guanidine groups is 1. The fraction of sp³-hybridized carbons (Fsp3) is 0.381. The third-order valence-corrected chi connectivity index (χ3v) is 4.15. The Balaban J connectivity index is 0.00000392. The lowest BCUT2D eigenvalue weighted by Gasteiger charge is -2.13. The van der Waals surface area contributed by atoms with E-state index < -0.39 is 0 Å². The monoisotopic (exact) mass is 501 g/mol. The van der Waals surface area contributed by atoms with Crippen LogP contribution in [0.4, 0.5) is 4.39 Å². The first-order valence-electron chi connectivity index (χ1n) is 9.05. The van der Waals surface area contributed by atoms with E-state index in [0.717, 1.165) is 35.6 Å². The first kappa shape index (κ1) is 24.0. The summed E-state index contributed by atoms with van der Waals surface area (Å²) in [6.07, 6.45) is 0.809. The highest BCUT2D eigenvalue weighted by Gasteiger charge is 2.05. The van der Waals surface area contributed by atoms with E-state index in [2.05, 4.69) is 15.6 Å². The van der Waals surface area contributed by atoms with Crippen molar-refractivity contribution in [3.8, 4) is 11.5 Å². The predicted molar refractivity (Wildman–Crippen MR) is 123 cm³/mol. The summed E-state index contributed by atoms with van der Waals surface area (Å²) in [5.41, 5.74) is 2.62. The fourth-order valence-corrected chi connectivity index (χ4v) is 2.61. The molecule has 0 spiro atoms. The van der Waals surface area contributed by atoms with Gasteiger partial charge in [-0.1, -0.05) is 18.2 Å². The first-order chi connectivity index (χ1) is 13.1. The second-order valence-corrected chi connectivity index (χ2v) is 6.14. The summed E-state index contributed by atoms with van der Waals surface area (Å²) in [5.74, 6) is 1.94. The van der Waals surface area contributed by atoms with Crippen molar-refractivity contribution in [1.29, 1.82) is 0 Å². The van der Waals surface area contributed by atoms with Crippen LogP contribution in [0, 0.1) is 12.7 Å². The van der Waals surface area contributed by atoms with Gasteiger partial charge in [-0.15, -0.1) is 24.0 Å². The molecular formula is C21H29FIN3O2. The summed E-state index contributed by atoms with van der Waals surface area (Å²) < 4.78 is 24.3. The molecular weight excluding hydrogens is 472 g/mol. The summed E-state index contributed by atoms with van der Waals surface area (Å²) >= 11 is 0. The van der Waals surface area contributed by atoms with Crippen LogP contribution in [0.3, 0.4) is 0 Å². The zero-order valence-corrected chi connectivity index (χ0v) is 19.2. The lowest BCUT2D eigenvalue weighted by atomic mass is 10.1. The standard InChI is InChI=1S/C21H28FN3O2.HI/c1-5-23-21(25-14-17-7-6-15(2)18(22)12-17)24-11-10-16-8-9-19(26-3)20(13-16)27-4;/h6-9,12-13H,5,10-11,14H2,1-4H3,(H2,23,24,25);1H. The van der Waals surface area contributed by atoms with Crippen molar-refractivity contribution in [2.75, 3.05) is 27.3 Å². The Kier molecular flexibility index (Phi) is 10.7. The Labute approximate surface area is 183 Å². The molecule has 0 radical (unpaired) electrons. The van der Waals surface area contributed by atoms with Crippen LogP contribution >= 0.6 is 24.0 Å². The van der Waals surface area contributed by atoms with Gasteiger partial charge in [0.05, 0.1) is 20.8 Å². The summed E-state index contributed by atoms with van der Waals surface area (Å²) in [6, 6.07) is 11.1. The van der Waals surface area contributed by atoms with Crippen molar-refractivity contribution in [2.45, 2.75) is 26.8 Å². The Morgan fingerprint density at radius 2 is 1.71 bits per heavy atom. The van der Waals surface area contributed by atoms with Crippen molar-refractivity contribution in [3.05, 3.63) is 58.9 Å². The predicted octanol–water partition coefficient (Wildman–Crippen LogP) is 4.07. The van der Waals surface area contributed by atoms with E-state index in [1.54, 1.807) is 27.2 Å². The molecule has 0 unspecified atom stereocenters. The van der Waals surface area contributed by atoms with Gasteiger partial charge in [-0.2, -0.15) is 0 Å². The highest BCUT2D eigenvalue weighted by Crippen LogP contribution is 2.27. The van der Waals surface area contributed by atoms with Gasteiger partial charge < -0.3 is 20.1 Å². The highest BCUT2D eigenvalue weighted by molar-refractivity contribution is 14.0. The summed E-state index contributed by atoms with van der Waals surface area (Å²) in [5, 5.41) is 6.51. The van der Waals surface area contributed by atoms with E-state index >= 15 is 0 Å². The third-order valence-electron chi connectivity index (χ3n) is 4.15. The molecule has 0 aliphatic carbocycles. The molecule has 0 atom stereocenters. The van der Waals surface area contributed by atoms with Crippen LogP contribution in [0.2, 0.25) is 0 Å². The molecule has 0 aliphatic rings. The number of nitrogens with zero attached hydrogens (tertiary/aromatic N) is 1. The summed E-state index contributed by atoms with van der Waals surface area (Å²) in [4.78, 5) is 4.53. The summed E-state index contributed by atoms with van der Waals surface area (Å²) in [6.45, 7) is 5.65. The number of hydrogen-bond donors (Lipinski definition) is 2. The molecule has 0 bridgehead atoms. The maximum absolute atomic E-state index is 13.7. The van der Waals surface area contributed by atoms with Crippen molar-refractivity contribution in [1.82, 2.24) is 10.6 Å². The van der Waals surface area contributed by atoms with E-state index in [-0.39, 0.29) is 29.8 Å². The number of hydrogen-bond acceptors (Lipinski definition) is 3. The Bertz CT molecular complexity index is 784. The Morgan fingerprint density at radius 3 is 2.36 bits per heavy atom. The molecule has 0 amide bonds. The third kappa shape index (κ3) is 7.18. The molecule has 0 saturated heterocycles. The normalized spacial score (nSPS) is 10.8. The Hall–Kier alpha value is -2.03. The number of nitrogens with one attached hydrogen (secondary N) is 2. The quantitative estimate of drug-likeness (QED) is 0.326. The van der Waals surface area contributed by atoms with Gasteiger partial charge in [0.1, 0.15) is 5.82 Å². The van der Waals surface area contributed by atoms with E-state index in [9.17, 15) is 4.39 Å². The van der Waals surface area contributed by atoms with Gasteiger partial charge in [0, 0.05) is 13.1 Å². The minimum absolute atomic E-state index is 0. The Morgan fingerprint density at radius 1 is 1.00 bits per heavy atom. The largest absolute Gasteiger partial charge is 0.493 e. The zero-order valence-electron chi connectivity index (χ0n) is 16.8. The molecule has 0 saturated carbocycles. The van der Waals surface area contributed by atoms with Crippen LogP contribution < -0.4 is 20.1 Å². The van der Waals surface area contributed by atoms with Crippen LogP contribution in [0.1, 0.15) is 23.6 Å². The second-order valence-electron chi connectivity index (χ2n) is 6.14. The molecule has 2 aromatic carbocycles. The molecule has 0 fully saturated rings. The van der Waals surface area contributed by atoms with Gasteiger partial charge in [-0.3, -0.25) is 0 Å². The van der Waals surface area contributed by atoms with Crippen LogP contribution in [0.25, 0.3) is 0 Å². The number of rotatable bonds is 8. The number of ether oxygens (including phenoxy) is 2. The average molecular weight is 501 g/mol. The van der Waals surface area contributed by atoms with E-state index in [4.69, 9.17) is 9.47 Å². The topological polar surface area (TPSA) is 54.9 Å². The fourth-order valence-electron chi connectivity index (χ4n) is 2.61. The van der Waals surface area contributed by atoms with Gasteiger partial charge in [0.15, 0.2) is 17.5 Å². The van der Waals surface area contributed by atoms with E-state index in [0.29, 0.717) is 24.6 Å². The van der Waals surface area contributed by atoms with Crippen LogP contribution in [-0.4, -0.2) is 33.3 Å². The number of aliphatic imine (C=N–C) groups is 1. The van der Waals surface area contributed by atoms with Gasteiger partial charge in [-0.05, 0) is 55.2 Å². The van der Waals surface area contributed by atoms with Crippen molar-refractivity contribution in [3.63, 3.8) is 0 Å². The van der Waals surface area contributed by atoms with Gasteiger partial charge in [0.2, 0.25) is 0 Å². The van der Waals surface area contributed by atoms with Crippen molar-refractivity contribution in [2.24, 2.45) is 4.99 Å². The minimum Gasteiger partial charge on any atom is -0.493 e. The van der Waals surface area contributed by atoms with E-state index in [1.807, 2.05) is 31.2 Å². The molecule has 0 heterocycles. The molecule has 2 aromatic rings. The van der Waals surface area contributed by atoms with Crippen LogP contribution in [0.15, 0.2) is 41.4 Å². The molecule has 2 N–H and O–H groups in total. The average Bonchev–Trinajstić information content (AvgIpc) is 2.68. The van der Waals surface area contributed by atoms with E-state index in [1.165, 1.54) is 6.07 Å². The van der Waals surface area contributed by atoms with Crippen LogP contribution in [0.5, 0.6) is 11.5 Å². The smallest absolute Gasteiger partial charge is 0.191 e. The minimum atomic E-state index is -0.200. The van der Waals surface area contributed by atoms with Crippen molar-refractivity contribution < 1.29 is 13.9 Å². The number of benzene rings is 2. The first-order valence-corrected chi connectivity index (χ1v) is 9.05. The van der Waals surface area contributed by atoms with Gasteiger partial charge in [-0.25, -0.2) is 9.38 Å². The molecule has 154 valence electrons. The number of methoxy groups -OCH3 is 2.